The first-order valence-corrected chi connectivity index (χ1v) is 6.35. The van der Waals surface area contributed by atoms with E-state index in [1.54, 1.807) is 11.3 Å². The van der Waals surface area contributed by atoms with Gasteiger partial charge in [0.15, 0.2) is 0 Å². The quantitative estimate of drug-likeness (QED) is 0.852. The molecule has 92 valence electrons. The van der Waals surface area contributed by atoms with Gasteiger partial charge in [-0.25, -0.2) is 4.98 Å². The van der Waals surface area contributed by atoms with Gasteiger partial charge in [0.25, 0.3) is 0 Å². The number of hydrogen-bond acceptors (Lipinski definition) is 4. The van der Waals surface area contributed by atoms with E-state index in [9.17, 15) is 5.11 Å². The Morgan fingerprint density at radius 2 is 1.81 bits per heavy atom. The first-order chi connectivity index (χ1) is 7.13. The summed E-state index contributed by atoms with van der Waals surface area (Å²) in [6, 6.07) is 0. The van der Waals surface area contributed by atoms with Crippen LogP contribution in [-0.4, -0.2) is 21.2 Å². The third-order valence-corrected chi connectivity index (χ3v) is 4.29. The van der Waals surface area contributed by atoms with Crippen LogP contribution >= 0.6 is 11.3 Å². The topological polar surface area (TPSA) is 45.2 Å². The smallest absolute Gasteiger partial charge is 0.0900 e. The molecule has 0 aliphatic carbocycles. The molecule has 1 heterocycles. The van der Waals surface area contributed by atoms with Crippen molar-refractivity contribution in [2.75, 3.05) is 0 Å². The highest BCUT2D eigenvalue weighted by Gasteiger charge is 2.34. The molecule has 0 aromatic carbocycles. The van der Waals surface area contributed by atoms with Crippen LogP contribution in [0.4, 0.5) is 0 Å². The molecule has 3 nitrogen and oxygen atoms in total. The van der Waals surface area contributed by atoms with Crippen molar-refractivity contribution in [3.63, 3.8) is 0 Å². The fourth-order valence-electron chi connectivity index (χ4n) is 1.26. The maximum Gasteiger partial charge on any atom is 0.0900 e. The predicted octanol–water partition coefficient (Wildman–Crippen LogP) is 2.40. The average Bonchev–Trinajstić information content (AvgIpc) is 2.39. The first-order valence-electron chi connectivity index (χ1n) is 5.54. The summed E-state index contributed by atoms with van der Waals surface area (Å²) in [5.74, 6) is 0. The molecule has 2 N–H and O–H groups in total. The molecule has 0 amide bonds. The molecule has 1 rings (SSSR count). The molecule has 4 heteroatoms. The van der Waals surface area contributed by atoms with Crippen LogP contribution in [0.1, 0.15) is 43.3 Å². The second-order valence-corrected chi connectivity index (χ2v) is 6.57. The van der Waals surface area contributed by atoms with Gasteiger partial charge < -0.3 is 10.4 Å². The van der Waals surface area contributed by atoms with Gasteiger partial charge in [-0.2, -0.15) is 0 Å². The molecule has 0 unspecified atom stereocenters. The third-order valence-electron chi connectivity index (χ3n) is 3.22. The largest absolute Gasteiger partial charge is 0.389 e. The summed E-state index contributed by atoms with van der Waals surface area (Å²) in [6.07, 6.45) is 0. The van der Waals surface area contributed by atoms with E-state index in [2.05, 4.69) is 10.3 Å². The van der Waals surface area contributed by atoms with E-state index < -0.39 is 5.60 Å². The summed E-state index contributed by atoms with van der Waals surface area (Å²) < 4.78 is 0. The van der Waals surface area contributed by atoms with Crippen LogP contribution in [0.15, 0.2) is 0 Å². The van der Waals surface area contributed by atoms with Gasteiger partial charge in [-0.15, -0.1) is 11.3 Å². The van der Waals surface area contributed by atoms with Crippen molar-refractivity contribution >= 4 is 11.3 Å². The number of nitrogens with one attached hydrogen (secondary N) is 1. The van der Waals surface area contributed by atoms with Crippen LogP contribution < -0.4 is 5.32 Å². The van der Waals surface area contributed by atoms with E-state index in [4.69, 9.17) is 0 Å². The summed E-state index contributed by atoms with van der Waals surface area (Å²) in [4.78, 5) is 5.64. The van der Waals surface area contributed by atoms with Crippen molar-refractivity contribution in [2.45, 2.75) is 59.2 Å². The monoisotopic (exact) mass is 242 g/mol. The Balaban J connectivity index is 2.68. The minimum absolute atomic E-state index is 0.322. The molecule has 0 radical (unpaired) electrons. The van der Waals surface area contributed by atoms with Crippen LogP contribution in [0.2, 0.25) is 0 Å². The minimum atomic E-state index is -0.749. The highest BCUT2D eigenvalue weighted by molar-refractivity contribution is 7.11. The number of aliphatic hydroxyl groups is 1. The summed E-state index contributed by atoms with van der Waals surface area (Å²) in [5.41, 5.74) is 0.0133. The number of aromatic nitrogens is 1. The van der Waals surface area contributed by atoms with Crippen LogP contribution in [0, 0.1) is 13.8 Å². The highest BCUT2D eigenvalue weighted by Crippen LogP contribution is 2.23. The third kappa shape index (κ3) is 3.03. The molecule has 0 spiro atoms. The normalized spacial score (nSPS) is 13.2. The maximum atomic E-state index is 10.0. The van der Waals surface area contributed by atoms with E-state index in [1.165, 1.54) is 4.88 Å². The summed E-state index contributed by atoms with van der Waals surface area (Å²) in [6.45, 7) is 12.5. The van der Waals surface area contributed by atoms with E-state index in [0.29, 0.717) is 0 Å². The lowest BCUT2D eigenvalue weighted by molar-refractivity contribution is -0.00522. The zero-order chi connectivity index (χ0) is 12.6. The van der Waals surface area contributed by atoms with Gasteiger partial charge in [0.05, 0.1) is 16.3 Å². The molecule has 16 heavy (non-hydrogen) atoms. The average molecular weight is 242 g/mol. The molecule has 0 bridgehead atoms. The Morgan fingerprint density at radius 3 is 2.19 bits per heavy atom. The molecular weight excluding hydrogens is 220 g/mol. The van der Waals surface area contributed by atoms with E-state index >= 15 is 0 Å². The second-order valence-electron chi connectivity index (χ2n) is 5.28. The number of aryl methyl sites for hydroxylation is 2. The number of nitrogens with zero attached hydrogens (tertiary/aromatic N) is 1. The number of hydrogen-bond donors (Lipinski definition) is 2. The summed E-state index contributed by atoms with van der Waals surface area (Å²) in [7, 11) is 0. The standard InChI is InChI=1S/C12H22N2OS/c1-8-10(16-9(2)14-8)7-13-11(3,4)12(5,6)15/h13,15H,7H2,1-6H3. The van der Waals surface area contributed by atoms with Crippen molar-refractivity contribution in [3.8, 4) is 0 Å². The molecule has 0 aliphatic heterocycles. The SMILES string of the molecule is Cc1nc(C)c(CNC(C)(C)C(C)(C)O)s1. The molecule has 0 fully saturated rings. The van der Waals surface area contributed by atoms with Crippen molar-refractivity contribution in [3.05, 3.63) is 15.6 Å². The Kier molecular flexibility index (Phi) is 3.77. The van der Waals surface area contributed by atoms with Gasteiger partial charge in [-0.3, -0.25) is 0 Å². The Labute approximate surface area is 102 Å². The molecule has 1 aromatic rings. The van der Waals surface area contributed by atoms with E-state index in [0.717, 1.165) is 17.2 Å². The van der Waals surface area contributed by atoms with Gasteiger partial charge in [0.1, 0.15) is 0 Å². The lowest BCUT2D eigenvalue weighted by Crippen LogP contribution is -2.55. The van der Waals surface area contributed by atoms with Gasteiger partial charge in [-0.05, 0) is 41.5 Å². The Bertz CT molecular complexity index is 364. The molecular formula is C12H22N2OS. The van der Waals surface area contributed by atoms with Crippen molar-refractivity contribution in [1.29, 1.82) is 0 Å². The predicted molar refractivity (Wildman–Crippen MR) is 68.8 cm³/mol. The molecule has 0 aliphatic rings. The van der Waals surface area contributed by atoms with Crippen LogP contribution in [0.5, 0.6) is 0 Å². The lowest BCUT2D eigenvalue weighted by atomic mass is 9.86. The van der Waals surface area contributed by atoms with Crippen molar-refractivity contribution < 1.29 is 5.11 Å². The van der Waals surface area contributed by atoms with Crippen molar-refractivity contribution in [2.24, 2.45) is 0 Å². The lowest BCUT2D eigenvalue weighted by Gasteiger charge is -2.38. The fraction of sp³-hybridized carbons (Fsp3) is 0.750. The van der Waals surface area contributed by atoms with Crippen LogP contribution in [0.3, 0.4) is 0 Å². The van der Waals surface area contributed by atoms with Gasteiger partial charge in [-0.1, -0.05) is 0 Å². The second kappa shape index (κ2) is 4.43. The zero-order valence-corrected chi connectivity index (χ0v) is 11.8. The van der Waals surface area contributed by atoms with Gasteiger partial charge in [0.2, 0.25) is 0 Å². The zero-order valence-electron chi connectivity index (χ0n) is 11.0. The molecule has 0 saturated heterocycles. The van der Waals surface area contributed by atoms with Gasteiger partial charge >= 0.3 is 0 Å². The minimum Gasteiger partial charge on any atom is -0.389 e. The van der Waals surface area contributed by atoms with E-state index in [1.807, 2.05) is 41.5 Å². The fourth-order valence-corrected chi connectivity index (χ4v) is 2.13. The number of rotatable bonds is 4. The Hall–Kier alpha value is -0.450. The van der Waals surface area contributed by atoms with Crippen LogP contribution in [0.25, 0.3) is 0 Å². The van der Waals surface area contributed by atoms with Crippen molar-refractivity contribution in [1.82, 2.24) is 10.3 Å². The Morgan fingerprint density at radius 1 is 1.25 bits per heavy atom. The molecule has 0 saturated carbocycles. The summed E-state index contributed by atoms with van der Waals surface area (Å²) >= 11 is 1.71. The maximum absolute atomic E-state index is 10.0. The molecule has 0 atom stereocenters. The van der Waals surface area contributed by atoms with Gasteiger partial charge in [0, 0.05) is 17.0 Å². The number of thiazole rings is 1. The van der Waals surface area contributed by atoms with E-state index in [-0.39, 0.29) is 5.54 Å². The first kappa shape index (κ1) is 13.6. The molecule has 1 aromatic heterocycles. The highest BCUT2D eigenvalue weighted by atomic mass is 32.1. The van der Waals surface area contributed by atoms with Crippen LogP contribution in [-0.2, 0) is 6.54 Å². The summed E-state index contributed by atoms with van der Waals surface area (Å²) in [5, 5.41) is 14.5.